The lowest BCUT2D eigenvalue weighted by molar-refractivity contribution is -0.137. The first-order valence-electron chi connectivity index (χ1n) is 5.96. The molecule has 1 aliphatic carbocycles. The Morgan fingerprint density at radius 3 is 2.59 bits per heavy atom. The summed E-state index contributed by atoms with van der Waals surface area (Å²) in [7, 11) is 1.77. The predicted octanol–water partition coefficient (Wildman–Crippen LogP) is 0.579. The lowest BCUT2D eigenvalue weighted by Crippen LogP contribution is -2.59. The molecule has 1 rings (SSSR count). The first-order valence-corrected chi connectivity index (χ1v) is 5.96. The molecule has 0 aromatic carbocycles. The number of hydrogen-bond acceptors (Lipinski definition) is 3. The standard InChI is InChI=1S/C13H22N2O2/c1-9(12(14)16)13(17,10(2)15-3)11-7-5-4-6-8-11/h4-7,9-11,15,17H,8H2,1-3H3,(H2,14,16)/t9-,10+,11-,13+/m0/s1. The van der Waals surface area contributed by atoms with Crippen LogP contribution in [-0.4, -0.2) is 29.7 Å². The molecule has 0 saturated heterocycles. The van der Waals surface area contributed by atoms with Crippen LogP contribution in [0.2, 0.25) is 0 Å². The van der Waals surface area contributed by atoms with Gasteiger partial charge in [-0.2, -0.15) is 0 Å². The minimum atomic E-state index is -1.16. The molecule has 0 spiro atoms. The minimum absolute atomic E-state index is 0.0996. The van der Waals surface area contributed by atoms with E-state index in [9.17, 15) is 9.90 Å². The maximum absolute atomic E-state index is 11.4. The Hall–Kier alpha value is -1.13. The number of nitrogens with one attached hydrogen (secondary N) is 1. The molecule has 0 heterocycles. The van der Waals surface area contributed by atoms with Crippen molar-refractivity contribution in [3.63, 3.8) is 0 Å². The lowest BCUT2D eigenvalue weighted by Gasteiger charge is -2.43. The van der Waals surface area contributed by atoms with Crippen LogP contribution < -0.4 is 11.1 Å². The molecular formula is C13H22N2O2. The largest absolute Gasteiger partial charge is 0.387 e. The second kappa shape index (κ2) is 5.47. The second-order valence-corrected chi connectivity index (χ2v) is 4.68. The average molecular weight is 238 g/mol. The molecular weight excluding hydrogens is 216 g/mol. The smallest absolute Gasteiger partial charge is 0.223 e. The van der Waals surface area contributed by atoms with Gasteiger partial charge in [0.15, 0.2) is 0 Å². The SMILES string of the molecule is CN[C@H](C)[C@@](O)([C@H]1C=CC=CC1)[C@@H](C)C(N)=O. The second-order valence-electron chi connectivity index (χ2n) is 4.68. The van der Waals surface area contributed by atoms with Crippen LogP contribution in [0.25, 0.3) is 0 Å². The summed E-state index contributed by atoms with van der Waals surface area (Å²) in [4.78, 5) is 11.4. The maximum Gasteiger partial charge on any atom is 0.223 e. The van der Waals surface area contributed by atoms with E-state index in [0.717, 1.165) is 6.42 Å². The molecule has 1 aliphatic rings. The summed E-state index contributed by atoms with van der Waals surface area (Å²) in [6.07, 6.45) is 8.49. The number of likely N-dealkylation sites (N-methyl/N-ethyl adjacent to an activating group) is 1. The van der Waals surface area contributed by atoms with Crippen molar-refractivity contribution >= 4 is 5.91 Å². The molecule has 0 radical (unpaired) electrons. The van der Waals surface area contributed by atoms with Crippen molar-refractivity contribution in [1.82, 2.24) is 5.32 Å². The van der Waals surface area contributed by atoms with E-state index in [4.69, 9.17) is 5.73 Å². The van der Waals surface area contributed by atoms with Crippen LogP contribution in [0.1, 0.15) is 20.3 Å². The molecule has 0 unspecified atom stereocenters. The van der Waals surface area contributed by atoms with Crippen LogP contribution in [0, 0.1) is 11.8 Å². The molecule has 0 bridgehead atoms. The minimum Gasteiger partial charge on any atom is -0.387 e. The van der Waals surface area contributed by atoms with Crippen molar-refractivity contribution in [1.29, 1.82) is 0 Å². The van der Waals surface area contributed by atoms with Crippen molar-refractivity contribution in [2.24, 2.45) is 17.6 Å². The van der Waals surface area contributed by atoms with Crippen LogP contribution in [-0.2, 0) is 4.79 Å². The van der Waals surface area contributed by atoms with Crippen LogP contribution in [0.15, 0.2) is 24.3 Å². The van der Waals surface area contributed by atoms with Crippen molar-refractivity contribution < 1.29 is 9.90 Å². The Kier molecular flexibility index (Phi) is 4.48. The van der Waals surface area contributed by atoms with Gasteiger partial charge in [0.2, 0.25) is 5.91 Å². The van der Waals surface area contributed by atoms with Gasteiger partial charge in [0.1, 0.15) is 0 Å². The van der Waals surface area contributed by atoms with Gasteiger partial charge in [0, 0.05) is 12.0 Å². The monoisotopic (exact) mass is 238 g/mol. The highest BCUT2D eigenvalue weighted by atomic mass is 16.3. The summed E-state index contributed by atoms with van der Waals surface area (Å²) in [5.41, 5.74) is 4.19. The highest BCUT2D eigenvalue weighted by molar-refractivity contribution is 5.77. The van der Waals surface area contributed by atoms with Gasteiger partial charge < -0.3 is 16.2 Å². The molecule has 4 N–H and O–H groups in total. The number of carbonyl (C=O) groups is 1. The molecule has 0 aliphatic heterocycles. The Morgan fingerprint density at radius 2 is 2.18 bits per heavy atom. The van der Waals surface area contributed by atoms with Crippen LogP contribution in [0.4, 0.5) is 0 Å². The zero-order valence-electron chi connectivity index (χ0n) is 10.7. The summed E-state index contributed by atoms with van der Waals surface area (Å²) >= 11 is 0. The van der Waals surface area contributed by atoms with Gasteiger partial charge in [-0.25, -0.2) is 0 Å². The van der Waals surface area contributed by atoms with Crippen LogP contribution in [0.5, 0.6) is 0 Å². The Morgan fingerprint density at radius 1 is 1.53 bits per heavy atom. The van der Waals surface area contributed by atoms with Gasteiger partial charge >= 0.3 is 0 Å². The summed E-state index contributed by atoms with van der Waals surface area (Å²) in [5.74, 6) is -1.18. The van der Waals surface area contributed by atoms with E-state index >= 15 is 0 Å². The van der Waals surface area contributed by atoms with E-state index in [1.165, 1.54) is 0 Å². The van der Waals surface area contributed by atoms with Crippen molar-refractivity contribution in [3.05, 3.63) is 24.3 Å². The molecule has 96 valence electrons. The van der Waals surface area contributed by atoms with Crippen molar-refractivity contribution in [3.8, 4) is 0 Å². The number of carbonyl (C=O) groups excluding carboxylic acids is 1. The third kappa shape index (κ3) is 2.58. The highest BCUT2D eigenvalue weighted by Gasteiger charge is 2.46. The lowest BCUT2D eigenvalue weighted by atomic mass is 9.70. The maximum atomic E-state index is 11.4. The summed E-state index contributed by atoms with van der Waals surface area (Å²) in [6, 6.07) is -0.217. The number of hydrogen-bond donors (Lipinski definition) is 3. The molecule has 0 saturated carbocycles. The van der Waals surface area contributed by atoms with Crippen molar-refractivity contribution in [2.75, 3.05) is 7.05 Å². The topological polar surface area (TPSA) is 75.3 Å². The molecule has 0 aromatic rings. The molecule has 4 atom stereocenters. The number of allylic oxidation sites excluding steroid dienone is 3. The van der Waals surface area contributed by atoms with Gasteiger partial charge in [-0.05, 0) is 20.4 Å². The number of amides is 1. The van der Waals surface area contributed by atoms with Crippen LogP contribution in [0.3, 0.4) is 0 Å². The zero-order valence-corrected chi connectivity index (χ0v) is 10.7. The fourth-order valence-electron chi connectivity index (χ4n) is 2.40. The number of rotatable bonds is 5. The molecule has 0 aromatic heterocycles. The molecule has 17 heavy (non-hydrogen) atoms. The number of primary amides is 1. The van der Waals surface area contributed by atoms with Gasteiger partial charge in [-0.3, -0.25) is 4.79 Å². The van der Waals surface area contributed by atoms with Gasteiger partial charge in [0.25, 0.3) is 0 Å². The van der Waals surface area contributed by atoms with E-state index in [0.29, 0.717) is 0 Å². The van der Waals surface area contributed by atoms with E-state index in [1.54, 1.807) is 14.0 Å². The average Bonchev–Trinajstić information content (AvgIpc) is 2.36. The quantitative estimate of drug-likeness (QED) is 0.656. The first-order chi connectivity index (χ1) is 7.94. The third-order valence-electron chi connectivity index (χ3n) is 3.82. The summed E-state index contributed by atoms with van der Waals surface area (Å²) < 4.78 is 0. The zero-order chi connectivity index (χ0) is 13.1. The molecule has 4 nitrogen and oxygen atoms in total. The van der Waals surface area contributed by atoms with Gasteiger partial charge in [-0.1, -0.05) is 31.2 Å². The van der Waals surface area contributed by atoms with Gasteiger partial charge in [0.05, 0.1) is 11.5 Å². The normalized spacial score (nSPS) is 26.2. The number of nitrogens with two attached hydrogens (primary N) is 1. The molecule has 4 heteroatoms. The van der Waals surface area contributed by atoms with E-state index in [2.05, 4.69) is 5.32 Å². The van der Waals surface area contributed by atoms with Crippen LogP contribution >= 0.6 is 0 Å². The van der Waals surface area contributed by atoms with Gasteiger partial charge in [-0.15, -0.1) is 0 Å². The Bertz CT molecular complexity index is 338. The van der Waals surface area contributed by atoms with E-state index < -0.39 is 17.4 Å². The Balaban J connectivity index is 3.05. The highest BCUT2D eigenvalue weighted by Crippen LogP contribution is 2.34. The van der Waals surface area contributed by atoms with E-state index in [1.807, 2.05) is 31.2 Å². The predicted molar refractivity (Wildman–Crippen MR) is 68.2 cm³/mol. The molecule has 0 fully saturated rings. The fourth-order valence-corrected chi connectivity index (χ4v) is 2.40. The summed E-state index contributed by atoms with van der Waals surface area (Å²) in [5, 5.41) is 13.9. The van der Waals surface area contributed by atoms with E-state index in [-0.39, 0.29) is 12.0 Å². The summed E-state index contributed by atoms with van der Waals surface area (Å²) in [6.45, 7) is 3.55. The number of aliphatic hydroxyl groups is 1. The Labute approximate surface area is 103 Å². The third-order valence-corrected chi connectivity index (χ3v) is 3.82. The fraction of sp³-hybridized carbons (Fsp3) is 0.615. The first kappa shape index (κ1) is 13.9. The van der Waals surface area contributed by atoms with Crippen molar-refractivity contribution in [2.45, 2.75) is 31.9 Å². The molecule has 1 amide bonds.